The summed E-state index contributed by atoms with van der Waals surface area (Å²) < 4.78 is 4.12. The highest BCUT2D eigenvalue weighted by molar-refractivity contribution is 5.09. The molecule has 0 aromatic carbocycles. The molecule has 0 aliphatic carbocycles. The molecule has 2 aromatic heterocycles. The van der Waals surface area contributed by atoms with Crippen LogP contribution in [-0.4, -0.2) is 20.7 Å². The van der Waals surface area contributed by atoms with Crippen molar-refractivity contribution in [3.63, 3.8) is 0 Å². The quantitative estimate of drug-likeness (QED) is 0.762. The van der Waals surface area contributed by atoms with Crippen molar-refractivity contribution in [2.75, 3.05) is 6.54 Å². The summed E-state index contributed by atoms with van der Waals surface area (Å²) in [5.74, 6) is 1.13. The van der Waals surface area contributed by atoms with E-state index in [1.165, 1.54) is 5.56 Å². The fourth-order valence-electron chi connectivity index (χ4n) is 1.74. The number of aromatic nitrogens is 3. The van der Waals surface area contributed by atoms with E-state index in [1.54, 1.807) is 0 Å². The normalized spacial score (nSPS) is 10.9. The lowest BCUT2D eigenvalue weighted by molar-refractivity contribution is 0.654. The Morgan fingerprint density at radius 3 is 2.81 bits per heavy atom. The molecule has 0 spiro atoms. The third-order valence-electron chi connectivity index (χ3n) is 2.67. The number of rotatable bonds is 5. The molecule has 0 atom stereocenters. The summed E-state index contributed by atoms with van der Waals surface area (Å²) in [6.45, 7) is 1.88. The molecular formula is C12H18N4. The van der Waals surface area contributed by atoms with Crippen molar-refractivity contribution >= 4 is 0 Å². The molecule has 0 fully saturated rings. The van der Waals surface area contributed by atoms with Crippen molar-refractivity contribution in [1.29, 1.82) is 0 Å². The van der Waals surface area contributed by atoms with E-state index in [1.807, 2.05) is 26.5 Å². The zero-order valence-corrected chi connectivity index (χ0v) is 9.85. The maximum Gasteiger partial charge on any atom is 0.109 e. The first-order chi connectivity index (χ1) is 7.75. The minimum Gasteiger partial charge on any atom is -0.357 e. The molecule has 2 heterocycles. The first-order valence-corrected chi connectivity index (χ1v) is 5.53. The Bertz CT molecular complexity index is 441. The number of nitrogens with one attached hydrogen (secondary N) is 1. The summed E-state index contributed by atoms with van der Waals surface area (Å²) in [4.78, 5) is 4.28. The molecule has 2 rings (SSSR count). The summed E-state index contributed by atoms with van der Waals surface area (Å²) >= 11 is 0. The standard InChI is InChI=1S/C12H18N4/c1-15-7-4-11(10-15)9-13-5-3-12-14-6-8-16(12)2/h4,6-8,10,13H,3,5,9H2,1-2H3. The van der Waals surface area contributed by atoms with Gasteiger partial charge in [0, 0.05) is 58.4 Å². The average Bonchev–Trinajstić information content (AvgIpc) is 2.83. The summed E-state index contributed by atoms with van der Waals surface area (Å²) in [7, 11) is 4.07. The lowest BCUT2D eigenvalue weighted by Gasteiger charge is -2.03. The molecule has 0 aliphatic heterocycles. The molecule has 0 unspecified atom stereocenters. The average molecular weight is 218 g/mol. The highest BCUT2D eigenvalue weighted by Gasteiger charge is 1.98. The molecule has 86 valence electrons. The van der Waals surface area contributed by atoms with Gasteiger partial charge in [-0.25, -0.2) is 4.98 Å². The zero-order chi connectivity index (χ0) is 11.4. The van der Waals surface area contributed by atoms with E-state index in [4.69, 9.17) is 0 Å². The number of hydrogen-bond donors (Lipinski definition) is 1. The Morgan fingerprint density at radius 1 is 1.31 bits per heavy atom. The Kier molecular flexibility index (Phi) is 3.41. The molecule has 4 nitrogen and oxygen atoms in total. The van der Waals surface area contributed by atoms with Gasteiger partial charge in [-0.05, 0) is 11.6 Å². The molecule has 0 aliphatic rings. The third kappa shape index (κ3) is 2.73. The lowest BCUT2D eigenvalue weighted by Crippen LogP contribution is -2.17. The van der Waals surface area contributed by atoms with Gasteiger partial charge < -0.3 is 14.5 Å². The Hall–Kier alpha value is -1.55. The fraction of sp³-hybridized carbons (Fsp3) is 0.417. The topological polar surface area (TPSA) is 34.8 Å². The predicted molar refractivity (Wildman–Crippen MR) is 64.0 cm³/mol. The summed E-state index contributed by atoms with van der Waals surface area (Å²) in [5.41, 5.74) is 1.32. The summed E-state index contributed by atoms with van der Waals surface area (Å²) in [6, 6.07) is 2.13. The minimum atomic E-state index is 0.922. The first-order valence-electron chi connectivity index (χ1n) is 5.53. The van der Waals surface area contributed by atoms with Crippen molar-refractivity contribution in [1.82, 2.24) is 19.4 Å². The molecule has 16 heavy (non-hydrogen) atoms. The number of imidazole rings is 1. The molecule has 0 saturated carbocycles. The van der Waals surface area contributed by atoms with Gasteiger partial charge in [0.15, 0.2) is 0 Å². The van der Waals surface area contributed by atoms with Gasteiger partial charge in [-0.2, -0.15) is 0 Å². The van der Waals surface area contributed by atoms with Crippen LogP contribution in [0.3, 0.4) is 0 Å². The minimum absolute atomic E-state index is 0.922. The van der Waals surface area contributed by atoms with Crippen molar-refractivity contribution in [3.05, 3.63) is 42.2 Å². The smallest absolute Gasteiger partial charge is 0.109 e. The van der Waals surface area contributed by atoms with Crippen LogP contribution in [0.1, 0.15) is 11.4 Å². The molecule has 0 amide bonds. The highest BCUT2D eigenvalue weighted by Crippen LogP contribution is 1.99. The zero-order valence-electron chi connectivity index (χ0n) is 9.85. The fourth-order valence-corrected chi connectivity index (χ4v) is 1.74. The van der Waals surface area contributed by atoms with Gasteiger partial charge in [0.05, 0.1) is 0 Å². The van der Waals surface area contributed by atoms with Gasteiger partial charge in [-0.1, -0.05) is 0 Å². The van der Waals surface area contributed by atoms with E-state index in [2.05, 4.69) is 37.9 Å². The van der Waals surface area contributed by atoms with Gasteiger partial charge in [-0.15, -0.1) is 0 Å². The van der Waals surface area contributed by atoms with Crippen LogP contribution < -0.4 is 5.32 Å². The highest BCUT2D eigenvalue weighted by atomic mass is 15.0. The van der Waals surface area contributed by atoms with Crippen molar-refractivity contribution in [2.24, 2.45) is 14.1 Å². The van der Waals surface area contributed by atoms with Crippen molar-refractivity contribution in [3.8, 4) is 0 Å². The van der Waals surface area contributed by atoms with E-state index < -0.39 is 0 Å². The number of hydrogen-bond acceptors (Lipinski definition) is 2. The van der Waals surface area contributed by atoms with E-state index in [0.717, 1.165) is 25.3 Å². The molecular weight excluding hydrogens is 200 g/mol. The number of nitrogens with zero attached hydrogens (tertiary/aromatic N) is 3. The van der Waals surface area contributed by atoms with E-state index in [0.29, 0.717) is 0 Å². The lowest BCUT2D eigenvalue weighted by atomic mass is 10.3. The Balaban J connectivity index is 1.71. The van der Waals surface area contributed by atoms with E-state index in [-0.39, 0.29) is 0 Å². The molecule has 0 bridgehead atoms. The second-order valence-electron chi connectivity index (χ2n) is 4.07. The van der Waals surface area contributed by atoms with Crippen LogP contribution >= 0.6 is 0 Å². The van der Waals surface area contributed by atoms with Gasteiger partial charge in [-0.3, -0.25) is 0 Å². The molecule has 0 radical (unpaired) electrons. The molecule has 0 saturated heterocycles. The first kappa shape index (κ1) is 11.0. The second kappa shape index (κ2) is 4.99. The maximum absolute atomic E-state index is 4.28. The van der Waals surface area contributed by atoms with Gasteiger partial charge >= 0.3 is 0 Å². The largest absolute Gasteiger partial charge is 0.357 e. The van der Waals surface area contributed by atoms with Crippen LogP contribution in [-0.2, 0) is 27.1 Å². The predicted octanol–water partition coefficient (Wildman–Crippen LogP) is 1.09. The van der Waals surface area contributed by atoms with Crippen molar-refractivity contribution < 1.29 is 0 Å². The molecule has 1 N–H and O–H groups in total. The van der Waals surface area contributed by atoms with Gasteiger partial charge in [0.2, 0.25) is 0 Å². The molecule has 4 heteroatoms. The SMILES string of the molecule is Cn1ccc(CNCCc2nccn2C)c1. The van der Waals surface area contributed by atoms with Crippen LogP contribution in [0.4, 0.5) is 0 Å². The van der Waals surface area contributed by atoms with Gasteiger partial charge in [0.25, 0.3) is 0 Å². The van der Waals surface area contributed by atoms with Crippen LogP contribution in [0.25, 0.3) is 0 Å². The van der Waals surface area contributed by atoms with Crippen molar-refractivity contribution in [2.45, 2.75) is 13.0 Å². The van der Waals surface area contributed by atoms with E-state index in [9.17, 15) is 0 Å². The Labute approximate surface area is 95.9 Å². The van der Waals surface area contributed by atoms with Crippen LogP contribution in [0, 0.1) is 0 Å². The van der Waals surface area contributed by atoms with Crippen LogP contribution in [0.5, 0.6) is 0 Å². The maximum atomic E-state index is 4.28. The van der Waals surface area contributed by atoms with Crippen LogP contribution in [0.2, 0.25) is 0 Å². The number of aryl methyl sites for hydroxylation is 2. The summed E-state index contributed by atoms with van der Waals surface area (Å²) in [5, 5.41) is 3.41. The summed E-state index contributed by atoms with van der Waals surface area (Å²) in [6.07, 6.45) is 8.99. The third-order valence-corrected chi connectivity index (χ3v) is 2.67. The Morgan fingerprint density at radius 2 is 2.19 bits per heavy atom. The molecule has 2 aromatic rings. The monoisotopic (exact) mass is 218 g/mol. The van der Waals surface area contributed by atoms with Gasteiger partial charge in [0.1, 0.15) is 5.82 Å². The van der Waals surface area contributed by atoms with Crippen LogP contribution in [0.15, 0.2) is 30.9 Å². The second-order valence-corrected chi connectivity index (χ2v) is 4.07. The van der Waals surface area contributed by atoms with E-state index >= 15 is 0 Å².